The van der Waals surface area contributed by atoms with Crippen LogP contribution in [0.5, 0.6) is 0 Å². The predicted molar refractivity (Wildman–Crippen MR) is 63.1 cm³/mol. The molecule has 0 bridgehead atoms. The third-order valence-corrected chi connectivity index (χ3v) is 3.04. The van der Waals surface area contributed by atoms with Gasteiger partial charge in [-0.1, -0.05) is 0 Å². The Balaban J connectivity index is 1.84. The SMILES string of the molecule is CCn1cnnc1CNC(=O)[C@@H]1CC[C@H](C(=O)O)O1. The van der Waals surface area contributed by atoms with Crippen molar-refractivity contribution >= 4 is 11.9 Å². The van der Waals surface area contributed by atoms with Gasteiger partial charge in [0.1, 0.15) is 12.4 Å². The van der Waals surface area contributed by atoms with Crippen molar-refractivity contribution < 1.29 is 19.4 Å². The molecule has 2 rings (SSSR count). The molecule has 1 aromatic heterocycles. The number of carbonyl (C=O) groups is 2. The van der Waals surface area contributed by atoms with Crippen molar-refractivity contribution in [3.8, 4) is 0 Å². The van der Waals surface area contributed by atoms with Crippen LogP contribution in [0.3, 0.4) is 0 Å². The summed E-state index contributed by atoms with van der Waals surface area (Å²) in [5.74, 6) is -0.681. The van der Waals surface area contributed by atoms with Crippen LogP contribution in [0.4, 0.5) is 0 Å². The van der Waals surface area contributed by atoms with Crippen LogP contribution < -0.4 is 5.32 Å². The van der Waals surface area contributed by atoms with Gasteiger partial charge < -0.3 is 19.7 Å². The van der Waals surface area contributed by atoms with Crippen LogP contribution in [-0.4, -0.2) is 44.0 Å². The number of carbonyl (C=O) groups excluding carboxylic acids is 1. The number of ether oxygens (including phenoxy) is 1. The zero-order valence-electron chi connectivity index (χ0n) is 10.6. The molecule has 1 aliphatic rings. The molecule has 1 fully saturated rings. The molecule has 8 nitrogen and oxygen atoms in total. The van der Waals surface area contributed by atoms with Crippen LogP contribution in [0, 0.1) is 0 Å². The highest BCUT2D eigenvalue weighted by molar-refractivity contribution is 5.82. The first-order valence-electron chi connectivity index (χ1n) is 6.14. The second kappa shape index (κ2) is 5.79. The van der Waals surface area contributed by atoms with E-state index in [-0.39, 0.29) is 12.5 Å². The highest BCUT2D eigenvalue weighted by atomic mass is 16.5. The molecule has 2 atom stereocenters. The van der Waals surface area contributed by atoms with E-state index in [2.05, 4.69) is 15.5 Å². The van der Waals surface area contributed by atoms with Crippen LogP contribution in [-0.2, 0) is 27.4 Å². The summed E-state index contributed by atoms with van der Waals surface area (Å²) in [6, 6.07) is 0. The van der Waals surface area contributed by atoms with Gasteiger partial charge in [0.2, 0.25) is 5.91 Å². The molecular formula is C11H16N4O4. The number of aryl methyl sites for hydroxylation is 1. The average molecular weight is 268 g/mol. The number of rotatable bonds is 5. The van der Waals surface area contributed by atoms with Gasteiger partial charge in [-0.25, -0.2) is 4.79 Å². The Morgan fingerprint density at radius 1 is 1.53 bits per heavy atom. The van der Waals surface area contributed by atoms with Crippen molar-refractivity contribution in [3.05, 3.63) is 12.2 Å². The van der Waals surface area contributed by atoms with Crippen LogP contribution in [0.1, 0.15) is 25.6 Å². The van der Waals surface area contributed by atoms with E-state index in [1.54, 1.807) is 6.33 Å². The number of nitrogens with one attached hydrogen (secondary N) is 1. The molecule has 0 unspecified atom stereocenters. The number of nitrogens with zero attached hydrogens (tertiary/aromatic N) is 3. The maximum Gasteiger partial charge on any atom is 0.332 e. The largest absolute Gasteiger partial charge is 0.479 e. The molecule has 104 valence electrons. The van der Waals surface area contributed by atoms with E-state index in [0.29, 0.717) is 18.7 Å². The highest BCUT2D eigenvalue weighted by Gasteiger charge is 2.34. The van der Waals surface area contributed by atoms with Gasteiger partial charge in [0.25, 0.3) is 0 Å². The lowest BCUT2D eigenvalue weighted by molar-refractivity contribution is -0.151. The number of hydrogen-bond acceptors (Lipinski definition) is 5. The Labute approximate surface area is 109 Å². The van der Waals surface area contributed by atoms with Gasteiger partial charge in [-0.05, 0) is 19.8 Å². The fourth-order valence-electron chi connectivity index (χ4n) is 1.97. The van der Waals surface area contributed by atoms with Crippen LogP contribution in [0.2, 0.25) is 0 Å². The molecule has 8 heteroatoms. The highest BCUT2D eigenvalue weighted by Crippen LogP contribution is 2.19. The smallest absolute Gasteiger partial charge is 0.332 e. The molecule has 0 aliphatic carbocycles. The molecular weight excluding hydrogens is 252 g/mol. The van der Waals surface area contributed by atoms with Gasteiger partial charge >= 0.3 is 5.97 Å². The van der Waals surface area contributed by atoms with Gasteiger partial charge in [-0.15, -0.1) is 10.2 Å². The summed E-state index contributed by atoms with van der Waals surface area (Å²) in [5.41, 5.74) is 0. The minimum absolute atomic E-state index is 0.254. The number of aliphatic carboxylic acids is 1. The summed E-state index contributed by atoms with van der Waals surface area (Å²) in [4.78, 5) is 22.5. The van der Waals surface area contributed by atoms with E-state index in [1.807, 2.05) is 11.5 Å². The summed E-state index contributed by atoms with van der Waals surface area (Å²) in [6.07, 6.45) is 0.796. The van der Waals surface area contributed by atoms with Crippen LogP contribution in [0.15, 0.2) is 6.33 Å². The van der Waals surface area contributed by atoms with Gasteiger partial charge in [-0.3, -0.25) is 4.79 Å². The zero-order valence-corrected chi connectivity index (χ0v) is 10.6. The number of carboxylic acid groups (broad SMARTS) is 1. The molecule has 0 spiro atoms. The van der Waals surface area contributed by atoms with Crippen LogP contribution >= 0.6 is 0 Å². The van der Waals surface area contributed by atoms with E-state index in [0.717, 1.165) is 6.54 Å². The summed E-state index contributed by atoms with van der Waals surface area (Å²) in [6.45, 7) is 2.93. The van der Waals surface area contributed by atoms with Crippen molar-refractivity contribution in [2.24, 2.45) is 0 Å². The molecule has 1 aliphatic heterocycles. The number of carboxylic acids is 1. The van der Waals surface area contributed by atoms with Gasteiger partial charge in [0.05, 0.1) is 6.54 Å². The average Bonchev–Trinajstić information content (AvgIpc) is 3.04. The molecule has 1 saturated heterocycles. The molecule has 1 aromatic rings. The fourth-order valence-corrected chi connectivity index (χ4v) is 1.97. The molecule has 2 heterocycles. The van der Waals surface area contributed by atoms with E-state index in [9.17, 15) is 9.59 Å². The van der Waals surface area contributed by atoms with Gasteiger partial charge in [0.15, 0.2) is 11.9 Å². The number of aromatic nitrogens is 3. The Bertz CT molecular complexity index is 473. The second-order valence-corrected chi connectivity index (χ2v) is 4.28. The lowest BCUT2D eigenvalue weighted by Gasteiger charge is -2.11. The summed E-state index contributed by atoms with van der Waals surface area (Å²) in [5, 5.41) is 19.1. The van der Waals surface area contributed by atoms with Crippen molar-refractivity contribution in [2.45, 2.75) is 45.1 Å². The quantitative estimate of drug-likeness (QED) is 0.749. The molecule has 2 N–H and O–H groups in total. The third-order valence-electron chi connectivity index (χ3n) is 3.04. The third kappa shape index (κ3) is 3.08. The Morgan fingerprint density at radius 2 is 2.26 bits per heavy atom. The predicted octanol–water partition coefficient (Wildman–Crippen LogP) is -0.454. The van der Waals surface area contributed by atoms with Crippen molar-refractivity contribution in [1.29, 1.82) is 0 Å². The Kier molecular flexibility index (Phi) is 4.10. The van der Waals surface area contributed by atoms with Gasteiger partial charge in [0, 0.05) is 6.54 Å². The van der Waals surface area contributed by atoms with E-state index >= 15 is 0 Å². The van der Waals surface area contributed by atoms with Crippen LogP contribution in [0.25, 0.3) is 0 Å². The summed E-state index contributed by atoms with van der Waals surface area (Å²) < 4.78 is 6.97. The minimum atomic E-state index is -1.03. The maximum atomic E-state index is 11.8. The van der Waals surface area contributed by atoms with Crippen molar-refractivity contribution in [2.75, 3.05) is 0 Å². The number of hydrogen-bond donors (Lipinski definition) is 2. The first-order chi connectivity index (χ1) is 9.11. The minimum Gasteiger partial charge on any atom is -0.479 e. The lowest BCUT2D eigenvalue weighted by Crippen LogP contribution is -2.35. The Morgan fingerprint density at radius 3 is 2.89 bits per heavy atom. The monoisotopic (exact) mass is 268 g/mol. The standard InChI is InChI=1S/C11H16N4O4/c1-2-15-6-13-14-9(15)5-12-10(16)7-3-4-8(19-7)11(17)18/h6-8H,2-5H2,1H3,(H,12,16)(H,17,18)/t7-,8+/m0/s1. The zero-order chi connectivity index (χ0) is 13.8. The molecule has 1 amide bonds. The lowest BCUT2D eigenvalue weighted by atomic mass is 10.2. The topological polar surface area (TPSA) is 106 Å². The second-order valence-electron chi connectivity index (χ2n) is 4.28. The Hall–Kier alpha value is -1.96. The van der Waals surface area contributed by atoms with Crippen molar-refractivity contribution in [3.63, 3.8) is 0 Å². The van der Waals surface area contributed by atoms with E-state index in [1.165, 1.54) is 0 Å². The number of amides is 1. The first kappa shape index (κ1) is 13.5. The molecule has 0 saturated carbocycles. The van der Waals surface area contributed by atoms with E-state index in [4.69, 9.17) is 9.84 Å². The maximum absolute atomic E-state index is 11.8. The summed E-state index contributed by atoms with van der Waals surface area (Å²) in [7, 11) is 0. The molecule has 19 heavy (non-hydrogen) atoms. The summed E-state index contributed by atoms with van der Waals surface area (Å²) >= 11 is 0. The molecule has 0 radical (unpaired) electrons. The molecule has 0 aromatic carbocycles. The first-order valence-corrected chi connectivity index (χ1v) is 6.14. The van der Waals surface area contributed by atoms with Gasteiger partial charge in [-0.2, -0.15) is 0 Å². The fraction of sp³-hybridized carbons (Fsp3) is 0.636. The van der Waals surface area contributed by atoms with Crippen molar-refractivity contribution in [1.82, 2.24) is 20.1 Å². The normalized spacial score (nSPS) is 22.4. The van der Waals surface area contributed by atoms with E-state index < -0.39 is 18.2 Å².